The Bertz CT molecular complexity index is 839. The predicted molar refractivity (Wildman–Crippen MR) is 99.6 cm³/mol. The van der Waals surface area contributed by atoms with Crippen LogP contribution in [0, 0.1) is 0 Å². The Morgan fingerprint density at radius 3 is 2.65 bits per heavy atom. The molecule has 8 heteroatoms. The van der Waals surface area contributed by atoms with E-state index in [-0.39, 0.29) is 12.5 Å². The first-order valence-corrected chi connectivity index (χ1v) is 10.3. The van der Waals surface area contributed by atoms with Crippen LogP contribution in [-0.4, -0.2) is 34.1 Å². The third kappa shape index (κ3) is 5.52. The van der Waals surface area contributed by atoms with Gasteiger partial charge in [-0.05, 0) is 42.7 Å². The number of fused-ring (bicyclic) bond motifs is 1. The summed E-state index contributed by atoms with van der Waals surface area (Å²) in [5.74, 6) is 1.96. The molecule has 1 N–H and O–H groups in total. The van der Waals surface area contributed by atoms with Crippen LogP contribution in [0.1, 0.15) is 12.0 Å². The molecule has 0 fully saturated rings. The SMILES string of the molecule is O=S(=O)(CCCOc1ccc2c(c1)OCO2)NCCc1ccc(Cl)cc1. The van der Waals surface area contributed by atoms with E-state index in [4.69, 9.17) is 25.8 Å². The monoisotopic (exact) mass is 397 g/mol. The molecule has 1 aliphatic rings. The number of benzene rings is 2. The van der Waals surface area contributed by atoms with Crippen molar-refractivity contribution in [2.24, 2.45) is 0 Å². The van der Waals surface area contributed by atoms with Gasteiger partial charge >= 0.3 is 0 Å². The summed E-state index contributed by atoms with van der Waals surface area (Å²) in [6, 6.07) is 12.6. The number of halogens is 1. The van der Waals surface area contributed by atoms with E-state index in [2.05, 4.69) is 4.72 Å². The van der Waals surface area contributed by atoms with Gasteiger partial charge in [0.25, 0.3) is 0 Å². The van der Waals surface area contributed by atoms with Crippen LogP contribution in [0.25, 0.3) is 0 Å². The molecule has 1 aliphatic heterocycles. The van der Waals surface area contributed by atoms with Gasteiger partial charge in [-0.25, -0.2) is 13.1 Å². The zero-order valence-electron chi connectivity index (χ0n) is 14.1. The first-order valence-electron chi connectivity index (χ1n) is 8.26. The van der Waals surface area contributed by atoms with Gasteiger partial charge < -0.3 is 14.2 Å². The number of nitrogens with one attached hydrogen (secondary N) is 1. The van der Waals surface area contributed by atoms with Gasteiger partial charge in [-0.2, -0.15) is 0 Å². The van der Waals surface area contributed by atoms with E-state index in [1.165, 1.54) is 0 Å². The molecule has 0 unspecified atom stereocenters. The molecule has 3 rings (SSSR count). The molecule has 0 saturated carbocycles. The van der Waals surface area contributed by atoms with Crippen molar-refractivity contribution in [3.8, 4) is 17.2 Å². The van der Waals surface area contributed by atoms with Crippen molar-refractivity contribution >= 4 is 21.6 Å². The molecule has 2 aromatic rings. The molecule has 0 bridgehead atoms. The third-order valence-corrected chi connectivity index (χ3v) is 5.54. The van der Waals surface area contributed by atoms with Crippen LogP contribution in [0.5, 0.6) is 17.2 Å². The Balaban J connectivity index is 1.36. The molecule has 0 radical (unpaired) electrons. The maximum absolute atomic E-state index is 12.0. The van der Waals surface area contributed by atoms with Crippen molar-refractivity contribution < 1.29 is 22.6 Å². The third-order valence-electron chi connectivity index (χ3n) is 3.82. The minimum atomic E-state index is -3.32. The maximum Gasteiger partial charge on any atom is 0.231 e. The summed E-state index contributed by atoms with van der Waals surface area (Å²) >= 11 is 5.82. The van der Waals surface area contributed by atoms with Crippen molar-refractivity contribution in [1.29, 1.82) is 0 Å². The fraction of sp³-hybridized carbons (Fsp3) is 0.333. The second kappa shape index (κ2) is 8.62. The molecule has 6 nitrogen and oxygen atoms in total. The van der Waals surface area contributed by atoms with Crippen molar-refractivity contribution in [3.05, 3.63) is 53.1 Å². The molecule has 26 heavy (non-hydrogen) atoms. The van der Waals surface area contributed by atoms with Gasteiger partial charge in [-0.15, -0.1) is 0 Å². The van der Waals surface area contributed by atoms with E-state index < -0.39 is 10.0 Å². The van der Waals surface area contributed by atoms with Crippen molar-refractivity contribution in [1.82, 2.24) is 4.72 Å². The molecule has 0 spiro atoms. The highest BCUT2D eigenvalue weighted by molar-refractivity contribution is 7.89. The number of hydrogen-bond donors (Lipinski definition) is 1. The van der Waals surface area contributed by atoms with Gasteiger partial charge in [0.05, 0.1) is 12.4 Å². The fourth-order valence-electron chi connectivity index (χ4n) is 2.48. The van der Waals surface area contributed by atoms with Gasteiger partial charge in [0.2, 0.25) is 16.8 Å². The van der Waals surface area contributed by atoms with Crippen LogP contribution in [0.4, 0.5) is 0 Å². The van der Waals surface area contributed by atoms with E-state index >= 15 is 0 Å². The smallest absolute Gasteiger partial charge is 0.231 e. The Morgan fingerprint density at radius 1 is 1.08 bits per heavy atom. The Kier molecular flexibility index (Phi) is 6.24. The van der Waals surface area contributed by atoms with E-state index in [1.54, 1.807) is 30.3 Å². The van der Waals surface area contributed by atoms with Gasteiger partial charge in [-0.3, -0.25) is 0 Å². The molecule has 140 valence electrons. The summed E-state index contributed by atoms with van der Waals surface area (Å²) in [5, 5.41) is 0.664. The van der Waals surface area contributed by atoms with E-state index in [0.717, 1.165) is 5.56 Å². The minimum absolute atomic E-state index is 0.0121. The Hall–Kier alpha value is -1.96. The zero-order chi connectivity index (χ0) is 18.4. The lowest BCUT2D eigenvalue weighted by atomic mass is 10.2. The second-order valence-corrected chi connectivity index (χ2v) is 8.17. The van der Waals surface area contributed by atoms with Crippen molar-refractivity contribution in [3.63, 3.8) is 0 Å². The quantitative estimate of drug-likeness (QED) is 0.658. The summed E-state index contributed by atoms with van der Waals surface area (Å²) in [6.07, 6.45) is 1.01. The van der Waals surface area contributed by atoms with Crippen LogP contribution in [0.3, 0.4) is 0 Å². The van der Waals surface area contributed by atoms with Gasteiger partial charge in [0, 0.05) is 17.6 Å². The molecule has 0 atom stereocenters. The summed E-state index contributed by atoms with van der Waals surface area (Å²) in [6.45, 7) is 0.865. The lowest BCUT2D eigenvalue weighted by Gasteiger charge is -2.09. The second-order valence-electron chi connectivity index (χ2n) is 5.81. The minimum Gasteiger partial charge on any atom is -0.493 e. The number of ether oxygens (including phenoxy) is 3. The van der Waals surface area contributed by atoms with Crippen molar-refractivity contribution in [2.45, 2.75) is 12.8 Å². The van der Waals surface area contributed by atoms with E-state index in [1.807, 2.05) is 12.1 Å². The zero-order valence-corrected chi connectivity index (χ0v) is 15.7. The highest BCUT2D eigenvalue weighted by Gasteiger charge is 2.14. The molecular formula is C18H20ClNO5S. The average Bonchev–Trinajstić information content (AvgIpc) is 3.08. The standard InChI is InChI=1S/C18H20ClNO5S/c19-15-4-2-14(3-5-15)8-9-20-26(21,22)11-1-10-23-16-6-7-17-18(12-16)25-13-24-17/h2-7,12,20H,1,8-11,13H2. The molecule has 2 aromatic carbocycles. The lowest BCUT2D eigenvalue weighted by Crippen LogP contribution is -2.29. The summed E-state index contributed by atoms with van der Waals surface area (Å²) in [7, 11) is -3.32. The first kappa shape index (κ1) is 18.8. The van der Waals surface area contributed by atoms with Crippen molar-refractivity contribution in [2.75, 3.05) is 25.7 Å². The lowest BCUT2D eigenvalue weighted by molar-refractivity contribution is 0.173. The fourth-order valence-corrected chi connectivity index (χ4v) is 3.66. The van der Waals surface area contributed by atoms with E-state index in [9.17, 15) is 8.42 Å². The molecule has 0 aromatic heterocycles. The van der Waals surface area contributed by atoms with Crippen LogP contribution in [0.15, 0.2) is 42.5 Å². The molecule has 0 amide bonds. The first-order chi connectivity index (χ1) is 12.5. The van der Waals surface area contributed by atoms with Crippen LogP contribution in [-0.2, 0) is 16.4 Å². The predicted octanol–water partition coefficient (Wildman–Crippen LogP) is 3.00. The van der Waals surface area contributed by atoms with Gasteiger partial charge in [0.15, 0.2) is 11.5 Å². The highest BCUT2D eigenvalue weighted by atomic mass is 35.5. The number of hydrogen-bond acceptors (Lipinski definition) is 5. The van der Waals surface area contributed by atoms with Crippen LogP contribution in [0.2, 0.25) is 5.02 Å². The maximum atomic E-state index is 12.0. The normalized spacial score (nSPS) is 13.0. The molecule has 0 saturated heterocycles. The number of rotatable bonds is 9. The summed E-state index contributed by atoms with van der Waals surface area (Å²) < 4.78 is 42.7. The Morgan fingerprint density at radius 2 is 1.85 bits per heavy atom. The molecular weight excluding hydrogens is 378 g/mol. The van der Waals surface area contributed by atoms with Crippen LogP contribution < -0.4 is 18.9 Å². The average molecular weight is 398 g/mol. The summed E-state index contributed by atoms with van der Waals surface area (Å²) in [4.78, 5) is 0. The van der Waals surface area contributed by atoms with Gasteiger partial charge in [-0.1, -0.05) is 23.7 Å². The number of sulfonamides is 1. The highest BCUT2D eigenvalue weighted by Crippen LogP contribution is 2.35. The summed E-state index contributed by atoms with van der Waals surface area (Å²) in [5.41, 5.74) is 1.03. The van der Waals surface area contributed by atoms with Crippen LogP contribution >= 0.6 is 11.6 Å². The topological polar surface area (TPSA) is 73.9 Å². The molecule has 1 heterocycles. The van der Waals surface area contributed by atoms with Gasteiger partial charge in [0.1, 0.15) is 5.75 Å². The Labute approximate surface area is 158 Å². The molecule has 0 aliphatic carbocycles. The van der Waals surface area contributed by atoms with E-state index in [0.29, 0.717) is 48.3 Å². The largest absolute Gasteiger partial charge is 0.493 e.